The van der Waals surface area contributed by atoms with Crippen molar-refractivity contribution in [3.05, 3.63) is 35.9 Å². The average Bonchev–Trinajstić information content (AvgIpc) is 2.81. The lowest BCUT2D eigenvalue weighted by atomic mass is 10.0. The van der Waals surface area contributed by atoms with Crippen LogP contribution in [0.4, 0.5) is 0 Å². The monoisotopic (exact) mass is 232 g/mol. The first kappa shape index (κ1) is 10.9. The third kappa shape index (κ3) is 2.13. The Bertz CT molecular complexity index is 389. The van der Waals surface area contributed by atoms with Gasteiger partial charge in [0.25, 0.3) is 0 Å². The highest BCUT2D eigenvalue weighted by Gasteiger charge is 2.41. The van der Waals surface area contributed by atoms with Gasteiger partial charge in [0.2, 0.25) is 6.29 Å². The van der Waals surface area contributed by atoms with E-state index in [-0.39, 0.29) is 18.0 Å². The first-order valence-electron chi connectivity index (χ1n) is 6.24. The lowest BCUT2D eigenvalue weighted by molar-refractivity contribution is -0.372. The first-order chi connectivity index (χ1) is 8.34. The summed E-state index contributed by atoms with van der Waals surface area (Å²) in [5.74, 6) is 0.298. The molecule has 0 amide bonds. The minimum absolute atomic E-state index is 0.134. The molecule has 0 spiro atoms. The second-order valence-electron chi connectivity index (χ2n) is 4.73. The van der Waals surface area contributed by atoms with E-state index < -0.39 is 6.29 Å². The van der Waals surface area contributed by atoms with Crippen LogP contribution in [0.2, 0.25) is 0 Å². The Morgan fingerprint density at radius 3 is 2.35 bits per heavy atom. The van der Waals surface area contributed by atoms with Gasteiger partial charge in [0.1, 0.15) is 0 Å². The van der Waals surface area contributed by atoms with E-state index in [0.29, 0.717) is 0 Å². The number of rotatable bonds is 3. The van der Waals surface area contributed by atoms with Crippen molar-refractivity contribution in [2.24, 2.45) is 5.92 Å². The number of ketones is 1. The van der Waals surface area contributed by atoms with Crippen molar-refractivity contribution < 1.29 is 14.3 Å². The zero-order valence-electron chi connectivity index (χ0n) is 9.67. The van der Waals surface area contributed by atoms with Gasteiger partial charge in [-0.05, 0) is 12.8 Å². The van der Waals surface area contributed by atoms with Crippen LogP contribution in [0.25, 0.3) is 0 Å². The lowest BCUT2D eigenvalue weighted by Crippen LogP contribution is -2.43. The molecule has 0 atom stereocenters. The summed E-state index contributed by atoms with van der Waals surface area (Å²) in [6.45, 7) is 0. The molecule has 2 fully saturated rings. The molecule has 0 radical (unpaired) electrons. The Balaban J connectivity index is 1.56. The highest BCUT2D eigenvalue weighted by Crippen LogP contribution is 2.36. The van der Waals surface area contributed by atoms with E-state index in [4.69, 9.17) is 9.47 Å². The summed E-state index contributed by atoms with van der Waals surface area (Å²) in [4.78, 5) is 12.0. The molecule has 0 unspecified atom stereocenters. The normalized spacial score (nSPS) is 28.9. The first-order valence-corrected chi connectivity index (χ1v) is 6.24. The van der Waals surface area contributed by atoms with Crippen LogP contribution >= 0.6 is 0 Å². The zero-order valence-corrected chi connectivity index (χ0v) is 9.67. The molecular formula is C14H16O3. The van der Waals surface area contributed by atoms with Crippen molar-refractivity contribution >= 4 is 5.78 Å². The maximum Gasteiger partial charge on any atom is 0.223 e. The van der Waals surface area contributed by atoms with E-state index in [0.717, 1.165) is 31.2 Å². The summed E-state index contributed by atoms with van der Waals surface area (Å²) in [6.07, 6.45) is 3.34. The molecule has 3 heteroatoms. The minimum Gasteiger partial charge on any atom is -0.312 e. The summed E-state index contributed by atoms with van der Waals surface area (Å²) < 4.78 is 11.1. The van der Waals surface area contributed by atoms with E-state index in [1.54, 1.807) is 0 Å². The van der Waals surface area contributed by atoms with Gasteiger partial charge in [-0.25, -0.2) is 0 Å². The van der Waals surface area contributed by atoms with E-state index >= 15 is 0 Å². The fraction of sp³-hybridized carbons (Fsp3) is 0.500. The van der Waals surface area contributed by atoms with Crippen LogP contribution in [-0.4, -0.2) is 12.1 Å². The molecule has 1 aliphatic heterocycles. The summed E-state index contributed by atoms with van der Waals surface area (Å²) >= 11 is 0. The van der Waals surface area contributed by atoms with Crippen LogP contribution in [0, 0.1) is 5.92 Å². The quantitative estimate of drug-likeness (QED) is 0.803. The Labute approximate surface area is 101 Å². The molecule has 2 aliphatic rings. The van der Waals surface area contributed by atoms with Gasteiger partial charge in [-0.3, -0.25) is 4.79 Å². The standard InChI is InChI=1S/C14H16O3/c15-12(10-6-4-5-7-10)14-16-13(17-14)11-8-2-1-3-9-11/h1-3,8-10,13-14H,4-7H2. The molecule has 0 aromatic heterocycles. The molecule has 3 rings (SSSR count). The molecular weight excluding hydrogens is 216 g/mol. The third-order valence-corrected chi connectivity index (χ3v) is 3.56. The van der Waals surface area contributed by atoms with Gasteiger partial charge in [-0.15, -0.1) is 0 Å². The van der Waals surface area contributed by atoms with Crippen molar-refractivity contribution in [3.63, 3.8) is 0 Å². The zero-order chi connectivity index (χ0) is 11.7. The van der Waals surface area contributed by atoms with Crippen LogP contribution in [0.1, 0.15) is 37.5 Å². The molecule has 1 aromatic carbocycles. The number of carbonyl (C=O) groups is 1. The van der Waals surface area contributed by atoms with Gasteiger partial charge < -0.3 is 9.47 Å². The van der Waals surface area contributed by atoms with Gasteiger partial charge >= 0.3 is 0 Å². The Morgan fingerprint density at radius 2 is 1.71 bits per heavy atom. The summed E-state index contributed by atoms with van der Waals surface area (Å²) in [6, 6.07) is 9.72. The van der Waals surface area contributed by atoms with Crippen LogP contribution in [-0.2, 0) is 14.3 Å². The van der Waals surface area contributed by atoms with Gasteiger partial charge in [0.05, 0.1) is 0 Å². The molecule has 90 valence electrons. The largest absolute Gasteiger partial charge is 0.312 e. The van der Waals surface area contributed by atoms with Crippen LogP contribution in [0.15, 0.2) is 30.3 Å². The van der Waals surface area contributed by atoms with Gasteiger partial charge in [0, 0.05) is 11.5 Å². The van der Waals surface area contributed by atoms with E-state index in [9.17, 15) is 4.79 Å². The predicted molar refractivity (Wildman–Crippen MR) is 62.1 cm³/mol. The number of hydrogen-bond donors (Lipinski definition) is 0. The second kappa shape index (κ2) is 4.59. The summed E-state index contributed by atoms with van der Waals surface area (Å²) in [7, 11) is 0. The number of ether oxygens (including phenoxy) is 2. The van der Waals surface area contributed by atoms with Gasteiger partial charge in [-0.2, -0.15) is 0 Å². The fourth-order valence-electron chi connectivity index (χ4n) is 2.54. The predicted octanol–water partition coefficient (Wildman–Crippen LogP) is 2.82. The van der Waals surface area contributed by atoms with Crippen molar-refractivity contribution in [2.75, 3.05) is 0 Å². The van der Waals surface area contributed by atoms with Crippen molar-refractivity contribution in [2.45, 2.75) is 38.3 Å². The smallest absolute Gasteiger partial charge is 0.223 e. The van der Waals surface area contributed by atoms with Crippen molar-refractivity contribution in [3.8, 4) is 0 Å². The summed E-state index contributed by atoms with van der Waals surface area (Å²) in [5, 5.41) is 0. The van der Waals surface area contributed by atoms with E-state index in [1.807, 2.05) is 30.3 Å². The Morgan fingerprint density at radius 1 is 1.06 bits per heavy atom. The van der Waals surface area contributed by atoms with Crippen molar-refractivity contribution in [1.82, 2.24) is 0 Å². The second-order valence-corrected chi connectivity index (χ2v) is 4.73. The molecule has 1 saturated carbocycles. The number of carbonyl (C=O) groups excluding carboxylic acids is 1. The highest BCUT2D eigenvalue weighted by molar-refractivity contribution is 5.84. The molecule has 17 heavy (non-hydrogen) atoms. The highest BCUT2D eigenvalue weighted by atomic mass is 16.9. The molecule has 1 heterocycles. The SMILES string of the molecule is O=C(C1CCCC1)C1OC(c2ccccc2)O1. The molecule has 0 bridgehead atoms. The van der Waals surface area contributed by atoms with E-state index in [1.165, 1.54) is 0 Å². The van der Waals surface area contributed by atoms with Crippen LogP contribution < -0.4 is 0 Å². The summed E-state index contributed by atoms with van der Waals surface area (Å²) in [5.41, 5.74) is 0.975. The molecule has 3 nitrogen and oxygen atoms in total. The topological polar surface area (TPSA) is 35.5 Å². The van der Waals surface area contributed by atoms with E-state index in [2.05, 4.69) is 0 Å². The Hall–Kier alpha value is -1.19. The fourth-order valence-corrected chi connectivity index (χ4v) is 2.54. The van der Waals surface area contributed by atoms with Gasteiger partial charge in [-0.1, -0.05) is 43.2 Å². The number of Topliss-reactive ketones (excluding diaryl/α,β-unsaturated/α-hetero) is 1. The number of hydrogen-bond acceptors (Lipinski definition) is 3. The maximum absolute atomic E-state index is 12.0. The third-order valence-electron chi connectivity index (χ3n) is 3.56. The molecule has 1 saturated heterocycles. The molecule has 1 aliphatic carbocycles. The molecule has 0 N–H and O–H groups in total. The minimum atomic E-state index is -0.622. The molecule has 1 aromatic rings. The van der Waals surface area contributed by atoms with Crippen molar-refractivity contribution in [1.29, 1.82) is 0 Å². The maximum atomic E-state index is 12.0. The Kier molecular flexibility index (Phi) is 2.95. The van der Waals surface area contributed by atoms with Crippen LogP contribution in [0.5, 0.6) is 0 Å². The van der Waals surface area contributed by atoms with Crippen LogP contribution in [0.3, 0.4) is 0 Å². The van der Waals surface area contributed by atoms with Gasteiger partial charge in [0.15, 0.2) is 12.1 Å². The number of benzene rings is 1. The lowest BCUT2D eigenvalue weighted by Gasteiger charge is -2.36. The average molecular weight is 232 g/mol.